The van der Waals surface area contributed by atoms with Gasteiger partial charge in [-0.1, -0.05) is 60.8 Å². The standard InChI is InChI=1S/C24H30ClNO2/c1-2-28-22-13-6-4-10-19(22)23-20-11-7-8-14-24(20,27)15-16-26(23)17-18-9-3-5-12-21(18)25/h3-6,9-10,12-13,20,23,27H,2,7-8,11,14-17H2,1H3/t20-,23+,24-/m0/s1. The molecule has 2 fully saturated rings. The highest BCUT2D eigenvalue weighted by atomic mass is 35.5. The van der Waals surface area contributed by atoms with E-state index in [1.165, 1.54) is 12.0 Å². The summed E-state index contributed by atoms with van der Waals surface area (Å²) in [5.74, 6) is 1.16. The van der Waals surface area contributed by atoms with Crippen LogP contribution in [0.3, 0.4) is 0 Å². The Morgan fingerprint density at radius 3 is 2.71 bits per heavy atom. The van der Waals surface area contributed by atoms with Gasteiger partial charge in [0.25, 0.3) is 0 Å². The number of ether oxygens (including phenoxy) is 1. The summed E-state index contributed by atoms with van der Waals surface area (Å²) in [6.07, 6.45) is 5.10. The Morgan fingerprint density at radius 1 is 1.11 bits per heavy atom. The maximum atomic E-state index is 11.5. The van der Waals surface area contributed by atoms with Crippen LogP contribution in [0.25, 0.3) is 0 Å². The molecule has 0 amide bonds. The summed E-state index contributed by atoms with van der Waals surface area (Å²) in [7, 11) is 0. The smallest absolute Gasteiger partial charge is 0.124 e. The van der Waals surface area contributed by atoms with Crippen LogP contribution in [0.2, 0.25) is 5.02 Å². The van der Waals surface area contributed by atoms with Crippen molar-refractivity contribution < 1.29 is 9.84 Å². The number of rotatable bonds is 5. The van der Waals surface area contributed by atoms with E-state index < -0.39 is 5.60 Å². The van der Waals surface area contributed by atoms with E-state index in [9.17, 15) is 5.11 Å². The highest BCUT2D eigenvalue weighted by molar-refractivity contribution is 6.31. The Hall–Kier alpha value is -1.55. The maximum absolute atomic E-state index is 11.5. The number of nitrogens with zero attached hydrogens (tertiary/aromatic N) is 1. The van der Waals surface area contributed by atoms with Gasteiger partial charge in [0.1, 0.15) is 5.75 Å². The lowest BCUT2D eigenvalue weighted by Crippen LogP contribution is -2.54. The van der Waals surface area contributed by atoms with Crippen molar-refractivity contribution in [1.82, 2.24) is 4.90 Å². The van der Waals surface area contributed by atoms with E-state index in [4.69, 9.17) is 16.3 Å². The molecule has 1 saturated heterocycles. The van der Waals surface area contributed by atoms with Gasteiger partial charge in [0, 0.05) is 35.6 Å². The minimum absolute atomic E-state index is 0.137. The van der Waals surface area contributed by atoms with Crippen LogP contribution in [0.4, 0.5) is 0 Å². The molecule has 1 aliphatic heterocycles. The van der Waals surface area contributed by atoms with Crippen LogP contribution < -0.4 is 4.74 Å². The molecule has 4 heteroatoms. The molecule has 1 aliphatic carbocycles. The van der Waals surface area contributed by atoms with E-state index in [0.29, 0.717) is 6.61 Å². The second-order valence-electron chi connectivity index (χ2n) is 8.18. The van der Waals surface area contributed by atoms with Crippen LogP contribution in [0.15, 0.2) is 48.5 Å². The number of benzene rings is 2. The molecule has 0 bridgehead atoms. The molecule has 150 valence electrons. The summed E-state index contributed by atoms with van der Waals surface area (Å²) in [5, 5.41) is 12.3. The fourth-order valence-corrected chi connectivity index (χ4v) is 5.39. The van der Waals surface area contributed by atoms with Crippen molar-refractivity contribution in [1.29, 1.82) is 0 Å². The van der Waals surface area contributed by atoms with Crippen molar-refractivity contribution in [3.8, 4) is 5.75 Å². The van der Waals surface area contributed by atoms with Gasteiger partial charge in [-0.3, -0.25) is 4.90 Å². The molecule has 3 atom stereocenters. The molecule has 4 rings (SSSR count). The first-order valence-corrected chi connectivity index (χ1v) is 10.9. The van der Waals surface area contributed by atoms with E-state index in [0.717, 1.165) is 55.1 Å². The van der Waals surface area contributed by atoms with Crippen LogP contribution in [-0.4, -0.2) is 28.8 Å². The molecule has 2 aromatic rings. The van der Waals surface area contributed by atoms with Crippen molar-refractivity contribution in [2.24, 2.45) is 5.92 Å². The van der Waals surface area contributed by atoms with Gasteiger partial charge in [-0.25, -0.2) is 0 Å². The topological polar surface area (TPSA) is 32.7 Å². The molecule has 0 spiro atoms. The van der Waals surface area contributed by atoms with Gasteiger partial charge >= 0.3 is 0 Å². The Kier molecular flexibility index (Phi) is 5.96. The molecule has 0 radical (unpaired) electrons. The Labute approximate surface area is 173 Å². The molecule has 2 aromatic carbocycles. The molecule has 3 nitrogen and oxygen atoms in total. The Balaban J connectivity index is 1.74. The summed E-state index contributed by atoms with van der Waals surface area (Å²) in [6.45, 7) is 4.32. The number of likely N-dealkylation sites (tertiary alicyclic amines) is 1. The fourth-order valence-electron chi connectivity index (χ4n) is 5.19. The summed E-state index contributed by atoms with van der Waals surface area (Å²) in [6, 6.07) is 16.6. The normalized spacial score (nSPS) is 28.0. The van der Waals surface area contributed by atoms with Crippen LogP contribution in [0.1, 0.15) is 56.2 Å². The van der Waals surface area contributed by atoms with E-state index >= 15 is 0 Å². The Bertz CT molecular complexity index is 811. The molecule has 1 saturated carbocycles. The summed E-state index contributed by atoms with van der Waals surface area (Å²) >= 11 is 6.48. The van der Waals surface area contributed by atoms with Gasteiger partial charge in [-0.2, -0.15) is 0 Å². The summed E-state index contributed by atoms with van der Waals surface area (Å²) < 4.78 is 5.99. The average Bonchev–Trinajstić information content (AvgIpc) is 2.70. The van der Waals surface area contributed by atoms with Gasteiger partial charge in [0.2, 0.25) is 0 Å². The second kappa shape index (κ2) is 8.44. The number of piperidine rings is 1. The highest BCUT2D eigenvalue weighted by Gasteiger charge is 2.49. The Morgan fingerprint density at radius 2 is 1.89 bits per heavy atom. The lowest BCUT2D eigenvalue weighted by atomic mass is 9.66. The van der Waals surface area contributed by atoms with Crippen molar-refractivity contribution in [2.45, 2.75) is 57.2 Å². The van der Waals surface area contributed by atoms with E-state index in [-0.39, 0.29) is 12.0 Å². The van der Waals surface area contributed by atoms with E-state index in [1.807, 2.05) is 31.2 Å². The third-order valence-electron chi connectivity index (χ3n) is 6.54. The summed E-state index contributed by atoms with van der Waals surface area (Å²) in [4.78, 5) is 2.50. The predicted molar refractivity (Wildman–Crippen MR) is 114 cm³/mol. The van der Waals surface area contributed by atoms with Crippen molar-refractivity contribution >= 4 is 11.6 Å². The van der Waals surface area contributed by atoms with Gasteiger partial charge in [-0.05, 0) is 43.9 Å². The lowest BCUT2D eigenvalue weighted by Gasteiger charge is -2.53. The van der Waals surface area contributed by atoms with Crippen molar-refractivity contribution in [3.05, 3.63) is 64.7 Å². The molecule has 28 heavy (non-hydrogen) atoms. The second-order valence-corrected chi connectivity index (χ2v) is 8.59. The molecule has 2 aliphatic rings. The first kappa shape index (κ1) is 19.8. The summed E-state index contributed by atoms with van der Waals surface area (Å²) in [5.41, 5.74) is 1.77. The number of hydrogen-bond donors (Lipinski definition) is 1. The van der Waals surface area contributed by atoms with Crippen LogP contribution >= 0.6 is 11.6 Å². The average molecular weight is 400 g/mol. The number of hydrogen-bond acceptors (Lipinski definition) is 3. The first-order valence-electron chi connectivity index (χ1n) is 10.5. The number of aliphatic hydroxyl groups is 1. The molecule has 0 unspecified atom stereocenters. The van der Waals surface area contributed by atoms with E-state index in [1.54, 1.807) is 0 Å². The minimum Gasteiger partial charge on any atom is -0.494 e. The molecular formula is C24H30ClNO2. The SMILES string of the molecule is CCOc1ccccc1[C@@H]1[C@@H]2CCCC[C@]2(O)CCN1Cc1ccccc1Cl. The number of fused-ring (bicyclic) bond motifs is 1. The van der Waals surface area contributed by atoms with E-state index in [2.05, 4.69) is 29.2 Å². The number of halogens is 1. The molecule has 1 N–H and O–H groups in total. The van der Waals surface area contributed by atoms with Gasteiger partial charge in [0.05, 0.1) is 12.2 Å². The largest absolute Gasteiger partial charge is 0.494 e. The predicted octanol–water partition coefficient (Wildman–Crippen LogP) is 5.61. The van der Waals surface area contributed by atoms with Crippen molar-refractivity contribution in [3.63, 3.8) is 0 Å². The first-order chi connectivity index (χ1) is 13.6. The third kappa shape index (κ3) is 3.80. The van der Waals surface area contributed by atoms with Crippen LogP contribution in [-0.2, 0) is 6.54 Å². The van der Waals surface area contributed by atoms with Gasteiger partial charge in [0.15, 0.2) is 0 Å². The lowest BCUT2D eigenvalue weighted by molar-refractivity contribution is -0.126. The number of para-hydroxylation sites is 1. The van der Waals surface area contributed by atoms with Crippen molar-refractivity contribution in [2.75, 3.05) is 13.2 Å². The molecule has 0 aromatic heterocycles. The van der Waals surface area contributed by atoms with Gasteiger partial charge in [-0.15, -0.1) is 0 Å². The monoisotopic (exact) mass is 399 g/mol. The zero-order valence-corrected chi connectivity index (χ0v) is 17.4. The van der Waals surface area contributed by atoms with Crippen LogP contribution in [0.5, 0.6) is 5.75 Å². The quantitative estimate of drug-likeness (QED) is 0.709. The zero-order chi connectivity index (χ0) is 19.6. The fraction of sp³-hybridized carbons (Fsp3) is 0.500. The third-order valence-corrected chi connectivity index (χ3v) is 6.91. The zero-order valence-electron chi connectivity index (χ0n) is 16.6. The van der Waals surface area contributed by atoms with Gasteiger partial charge < -0.3 is 9.84 Å². The molecule has 1 heterocycles. The van der Waals surface area contributed by atoms with Crippen LogP contribution in [0, 0.1) is 5.92 Å². The molecular weight excluding hydrogens is 370 g/mol. The maximum Gasteiger partial charge on any atom is 0.124 e. The highest BCUT2D eigenvalue weighted by Crippen LogP contribution is 2.51. The minimum atomic E-state index is -0.570.